The summed E-state index contributed by atoms with van der Waals surface area (Å²) in [6.45, 7) is 4.84. The van der Waals surface area contributed by atoms with E-state index in [4.69, 9.17) is 21.1 Å². The van der Waals surface area contributed by atoms with Crippen molar-refractivity contribution < 1.29 is 24.2 Å². The van der Waals surface area contributed by atoms with Gasteiger partial charge in [0.15, 0.2) is 5.76 Å². The fourth-order valence-electron chi connectivity index (χ4n) is 3.71. The maximum Gasteiger partial charge on any atom is 0.409 e. The summed E-state index contributed by atoms with van der Waals surface area (Å²) in [5, 5.41) is 11.0. The lowest BCUT2D eigenvalue weighted by Gasteiger charge is -2.34. The summed E-state index contributed by atoms with van der Waals surface area (Å²) in [6.07, 6.45) is 1.30. The number of ether oxygens (including phenoxy) is 2. The molecule has 8 heteroatoms. The number of carbonyl (C=O) groups excluding carboxylic acids is 2. The summed E-state index contributed by atoms with van der Waals surface area (Å²) < 4.78 is 11.0. The summed E-state index contributed by atoms with van der Waals surface area (Å²) in [4.78, 5) is 28.5. The second kappa shape index (κ2) is 8.99. The molecule has 2 aromatic carbocycles. The van der Waals surface area contributed by atoms with Gasteiger partial charge in [0.05, 0.1) is 17.7 Å². The molecule has 2 aliphatic rings. The predicted octanol–water partition coefficient (Wildman–Crippen LogP) is 3.94. The number of allylic oxidation sites excluding steroid dienone is 1. The van der Waals surface area contributed by atoms with E-state index in [-0.39, 0.29) is 23.4 Å². The SMILES string of the molecule is CCOC(=O)N1CCN(Cc2c(O)ccc3c2O/C(=C/c2ccccc2Cl)C3=O)CC1. The van der Waals surface area contributed by atoms with Gasteiger partial charge in [-0.25, -0.2) is 4.79 Å². The number of rotatable bonds is 4. The molecule has 1 fully saturated rings. The number of ketones is 1. The number of phenolic OH excluding ortho intramolecular Hbond substituents is 1. The van der Waals surface area contributed by atoms with Gasteiger partial charge in [0.1, 0.15) is 11.5 Å². The van der Waals surface area contributed by atoms with Crippen molar-refractivity contribution in [1.82, 2.24) is 9.80 Å². The first-order chi connectivity index (χ1) is 15.0. The van der Waals surface area contributed by atoms with Gasteiger partial charge in [0.25, 0.3) is 0 Å². The molecule has 0 spiro atoms. The van der Waals surface area contributed by atoms with Crippen molar-refractivity contribution in [2.75, 3.05) is 32.8 Å². The number of phenols is 1. The number of carbonyl (C=O) groups is 2. The maximum atomic E-state index is 12.9. The van der Waals surface area contributed by atoms with Crippen LogP contribution in [0.1, 0.15) is 28.4 Å². The van der Waals surface area contributed by atoms with Crippen molar-refractivity contribution in [3.05, 3.63) is 63.9 Å². The molecule has 0 saturated carbocycles. The Labute approximate surface area is 185 Å². The molecular weight excluding hydrogens is 420 g/mol. The van der Waals surface area contributed by atoms with Crippen LogP contribution in [0.3, 0.4) is 0 Å². The molecule has 0 aliphatic carbocycles. The van der Waals surface area contributed by atoms with Gasteiger partial charge in [0, 0.05) is 37.7 Å². The monoisotopic (exact) mass is 442 g/mol. The third-order valence-corrected chi connectivity index (χ3v) is 5.73. The molecule has 0 unspecified atom stereocenters. The van der Waals surface area contributed by atoms with Gasteiger partial charge in [0.2, 0.25) is 5.78 Å². The molecule has 7 nitrogen and oxygen atoms in total. The molecule has 0 radical (unpaired) electrons. The van der Waals surface area contributed by atoms with Crippen molar-refractivity contribution in [3.8, 4) is 11.5 Å². The van der Waals surface area contributed by atoms with Gasteiger partial charge in [-0.15, -0.1) is 0 Å². The van der Waals surface area contributed by atoms with Crippen LogP contribution in [-0.2, 0) is 11.3 Å². The van der Waals surface area contributed by atoms with E-state index in [1.54, 1.807) is 36.1 Å². The Kier molecular flexibility index (Phi) is 6.15. The standard InChI is InChI=1S/C23H23ClN2O5/c1-2-30-23(29)26-11-9-25(10-12-26)14-17-19(27)8-7-16-21(28)20(31-22(16)17)13-15-5-3-4-6-18(15)24/h3-8,13,27H,2,9-12,14H2,1H3/b20-13+. The van der Waals surface area contributed by atoms with Gasteiger partial charge in [-0.2, -0.15) is 0 Å². The number of aromatic hydroxyl groups is 1. The molecule has 1 saturated heterocycles. The average molecular weight is 443 g/mol. The van der Waals surface area contributed by atoms with Crippen LogP contribution in [0.25, 0.3) is 6.08 Å². The van der Waals surface area contributed by atoms with Crippen LogP contribution >= 0.6 is 11.6 Å². The molecule has 2 aromatic rings. The van der Waals surface area contributed by atoms with E-state index in [0.29, 0.717) is 66.8 Å². The van der Waals surface area contributed by atoms with Crippen LogP contribution in [0.15, 0.2) is 42.2 Å². The van der Waals surface area contributed by atoms with E-state index in [0.717, 1.165) is 0 Å². The minimum Gasteiger partial charge on any atom is -0.507 e. The summed E-state index contributed by atoms with van der Waals surface area (Å²) in [5.74, 6) is 0.361. The molecule has 0 atom stereocenters. The minimum atomic E-state index is -0.311. The third kappa shape index (κ3) is 4.38. The number of benzene rings is 2. The highest BCUT2D eigenvalue weighted by Crippen LogP contribution is 2.40. The normalized spacial score (nSPS) is 17.5. The molecule has 4 rings (SSSR count). The largest absolute Gasteiger partial charge is 0.507 e. The first-order valence-corrected chi connectivity index (χ1v) is 10.5. The van der Waals surface area contributed by atoms with Crippen molar-refractivity contribution in [2.24, 2.45) is 0 Å². The van der Waals surface area contributed by atoms with Crippen molar-refractivity contribution in [3.63, 3.8) is 0 Å². The van der Waals surface area contributed by atoms with E-state index in [2.05, 4.69) is 4.90 Å². The zero-order valence-corrected chi connectivity index (χ0v) is 17.9. The fourth-order valence-corrected chi connectivity index (χ4v) is 3.90. The summed E-state index contributed by atoms with van der Waals surface area (Å²) in [7, 11) is 0. The van der Waals surface area contributed by atoms with Gasteiger partial charge in [-0.3, -0.25) is 9.69 Å². The first kappa shape index (κ1) is 21.2. The number of halogens is 1. The van der Waals surface area contributed by atoms with Crippen LogP contribution in [0.4, 0.5) is 4.79 Å². The highest BCUT2D eigenvalue weighted by Gasteiger charge is 2.32. The van der Waals surface area contributed by atoms with E-state index >= 15 is 0 Å². The number of amides is 1. The van der Waals surface area contributed by atoms with E-state index < -0.39 is 0 Å². The van der Waals surface area contributed by atoms with Crippen molar-refractivity contribution in [1.29, 1.82) is 0 Å². The second-order valence-corrected chi connectivity index (χ2v) is 7.77. The number of nitrogens with zero attached hydrogens (tertiary/aromatic N) is 2. The Morgan fingerprint density at radius 1 is 1.19 bits per heavy atom. The molecule has 31 heavy (non-hydrogen) atoms. The van der Waals surface area contributed by atoms with Crippen LogP contribution < -0.4 is 4.74 Å². The van der Waals surface area contributed by atoms with Crippen LogP contribution in [0, 0.1) is 0 Å². The third-order valence-electron chi connectivity index (χ3n) is 5.39. The zero-order chi connectivity index (χ0) is 22.0. The van der Waals surface area contributed by atoms with Crippen molar-refractivity contribution >= 4 is 29.6 Å². The molecular formula is C23H23ClN2O5. The lowest BCUT2D eigenvalue weighted by atomic mass is 10.0. The highest BCUT2D eigenvalue weighted by molar-refractivity contribution is 6.32. The van der Waals surface area contributed by atoms with Gasteiger partial charge < -0.3 is 19.5 Å². The van der Waals surface area contributed by atoms with Crippen molar-refractivity contribution in [2.45, 2.75) is 13.5 Å². The van der Waals surface area contributed by atoms with E-state index in [9.17, 15) is 14.7 Å². The molecule has 1 N–H and O–H groups in total. The summed E-state index contributed by atoms with van der Waals surface area (Å²) in [5.41, 5.74) is 1.65. The minimum absolute atomic E-state index is 0.0679. The number of hydrogen-bond donors (Lipinski definition) is 1. The highest BCUT2D eigenvalue weighted by atomic mass is 35.5. The topological polar surface area (TPSA) is 79.3 Å². The molecule has 162 valence electrons. The van der Waals surface area contributed by atoms with Gasteiger partial charge in [-0.05, 0) is 36.8 Å². The second-order valence-electron chi connectivity index (χ2n) is 7.36. The smallest absolute Gasteiger partial charge is 0.409 e. The van der Waals surface area contributed by atoms with Gasteiger partial charge >= 0.3 is 6.09 Å². The summed E-state index contributed by atoms with van der Waals surface area (Å²) in [6, 6.07) is 10.3. The summed E-state index contributed by atoms with van der Waals surface area (Å²) >= 11 is 6.21. The molecule has 2 heterocycles. The predicted molar refractivity (Wildman–Crippen MR) is 116 cm³/mol. The number of piperazine rings is 1. The Bertz CT molecular complexity index is 1040. The maximum absolute atomic E-state index is 12.9. The molecule has 2 aliphatic heterocycles. The lowest BCUT2D eigenvalue weighted by molar-refractivity contribution is 0.0774. The molecule has 1 amide bonds. The Hall–Kier alpha value is -3.03. The number of Topliss-reactive ketones (excluding diaryl/α,β-unsaturated/α-hetero) is 1. The lowest BCUT2D eigenvalue weighted by Crippen LogP contribution is -2.48. The van der Waals surface area contributed by atoms with E-state index in [1.807, 2.05) is 12.1 Å². The number of hydrogen-bond acceptors (Lipinski definition) is 6. The number of fused-ring (bicyclic) bond motifs is 1. The Morgan fingerprint density at radius 2 is 1.94 bits per heavy atom. The van der Waals surface area contributed by atoms with Crippen LogP contribution in [0.2, 0.25) is 5.02 Å². The molecule has 0 aromatic heterocycles. The molecule has 0 bridgehead atoms. The first-order valence-electron chi connectivity index (χ1n) is 10.2. The van der Waals surface area contributed by atoms with E-state index in [1.165, 1.54) is 6.07 Å². The zero-order valence-electron chi connectivity index (χ0n) is 17.1. The average Bonchev–Trinajstić information content (AvgIpc) is 3.08. The van der Waals surface area contributed by atoms with Crippen LogP contribution in [0.5, 0.6) is 11.5 Å². The van der Waals surface area contributed by atoms with Gasteiger partial charge in [-0.1, -0.05) is 29.8 Å². The quantitative estimate of drug-likeness (QED) is 0.722. The Morgan fingerprint density at radius 3 is 2.65 bits per heavy atom. The van der Waals surface area contributed by atoms with Crippen LogP contribution in [-0.4, -0.2) is 59.6 Å². The fraction of sp³-hybridized carbons (Fsp3) is 0.304. The Balaban J connectivity index is 1.52.